The quantitative estimate of drug-likeness (QED) is 0.689. The summed E-state index contributed by atoms with van der Waals surface area (Å²) < 4.78 is 0. The Kier molecular flexibility index (Phi) is 4.54. The number of benzene rings is 2. The van der Waals surface area contributed by atoms with E-state index in [1.54, 1.807) is 0 Å². The lowest BCUT2D eigenvalue weighted by Gasteiger charge is -2.23. The normalized spacial score (nSPS) is 20.0. The number of amides is 1. The third kappa shape index (κ3) is 3.45. The maximum Gasteiger partial charge on any atom is 0.307 e. The van der Waals surface area contributed by atoms with Crippen LogP contribution in [0.4, 0.5) is 4.79 Å². The molecule has 0 aliphatic carbocycles. The molecule has 4 nitrogen and oxygen atoms in total. The molecule has 126 valence electrons. The molecule has 0 bridgehead atoms. The molecule has 25 heavy (non-hydrogen) atoms. The highest BCUT2D eigenvalue weighted by Gasteiger charge is 2.34. The molecule has 0 spiro atoms. The van der Waals surface area contributed by atoms with Gasteiger partial charge in [0.15, 0.2) is 0 Å². The van der Waals surface area contributed by atoms with Crippen LogP contribution in [0.3, 0.4) is 0 Å². The van der Waals surface area contributed by atoms with Crippen molar-refractivity contribution in [2.45, 2.75) is 12.5 Å². The van der Waals surface area contributed by atoms with Crippen LogP contribution in [0.5, 0.6) is 0 Å². The van der Waals surface area contributed by atoms with Crippen LogP contribution in [-0.2, 0) is 0 Å². The topological polar surface area (TPSA) is 45.0 Å². The van der Waals surface area contributed by atoms with Gasteiger partial charge in [0.25, 0.3) is 0 Å². The molecule has 2 heterocycles. The Morgan fingerprint density at radius 2 is 1.64 bits per heavy atom. The van der Waals surface area contributed by atoms with Crippen molar-refractivity contribution in [3.05, 3.63) is 69.7 Å². The van der Waals surface area contributed by atoms with Crippen molar-refractivity contribution in [2.75, 3.05) is 5.75 Å². The Labute approximate surface area is 159 Å². The Hall–Kier alpha value is -1.82. The minimum atomic E-state index is -0.167. The van der Waals surface area contributed by atoms with Gasteiger partial charge in [-0.15, -0.1) is 0 Å². The summed E-state index contributed by atoms with van der Waals surface area (Å²) in [5, 5.41) is 7.84. The summed E-state index contributed by atoms with van der Waals surface area (Å²) in [6.45, 7) is 0. The molecule has 7 heteroatoms. The van der Waals surface area contributed by atoms with E-state index in [2.05, 4.69) is 4.99 Å². The number of nitrogens with zero attached hydrogens (tertiary/aromatic N) is 3. The van der Waals surface area contributed by atoms with Gasteiger partial charge in [-0.25, -0.2) is 5.01 Å². The molecule has 0 fully saturated rings. The molecule has 0 N–H and O–H groups in total. The van der Waals surface area contributed by atoms with E-state index in [0.29, 0.717) is 21.6 Å². The molecule has 4 rings (SSSR count). The number of hydrogen-bond acceptors (Lipinski definition) is 4. The van der Waals surface area contributed by atoms with E-state index >= 15 is 0 Å². The van der Waals surface area contributed by atoms with Gasteiger partial charge < -0.3 is 0 Å². The summed E-state index contributed by atoms with van der Waals surface area (Å²) in [6, 6.07) is 15.3. The van der Waals surface area contributed by atoms with Crippen LogP contribution in [0.2, 0.25) is 10.0 Å². The maximum atomic E-state index is 11.6. The van der Waals surface area contributed by atoms with E-state index < -0.39 is 0 Å². The second-order valence-corrected chi connectivity index (χ2v) is 7.55. The zero-order valence-corrected chi connectivity index (χ0v) is 15.4. The number of carbonyl (C=O) groups excluding carboxylic acids is 1. The van der Waals surface area contributed by atoms with Gasteiger partial charge >= 0.3 is 5.24 Å². The van der Waals surface area contributed by atoms with E-state index in [-0.39, 0.29) is 11.3 Å². The summed E-state index contributed by atoms with van der Waals surface area (Å²) in [5.74, 6) is 1.24. The lowest BCUT2D eigenvalue weighted by Crippen LogP contribution is -2.27. The Bertz CT molecular complexity index is 878. The Morgan fingerprint density at radius 3 is 2.24 bits per heavy atom. The van der Waals surface area contributed by atoms with Crippen LogP contribution in [0, 0.1) is 0 Å². The van der Waals surface area contributed by atoms with Crippen LogP contribution < -0.4 is 0 Å². The fourth-order valence-corrected chi connectivity index (χ4v) is 3.79. The Balaban J connectivity index is 1.71. The van der Waals surface area contributed by atoms with Crippen molar-refractivity contribution in [1.82, 2.24) is 5.01 Å². The van der Waals surface area contributed by atoms with Crippen molar-refractivity contribution in [3.63, 3.8) is 0 Å². The smallest absolute Gasteiger partial charge is 0.259 e. The van der Waals surface area contributed by atoms with E-state index in [1.165, 1.54) is 11.8 Å². The first-order valence-electron chi connectivity index (χ1n) is 7.72. The fraction of sp³-hybridized carbons (Fsp3) is 0.167. The molecule has 0 saturated heterocycles. The van der Waals surface area contributed by atoms with E-state index in [1.807, 2.05) is 53.5 Å². The van der Waals surface area contributed by atoms with E-state index in [0.717, 1.165) is 23.3 Å². The number of thioether (sulfide) groups is 1. The first kappa shape index (κ1) is 16.6. The number of aliphatic imine (C=N–C) groups is 1. The average molecular weight is 390 g/mol. The number of hydrazone groups is 1. The number of amidine groups is 1. The zero-order valence-electron chi connectivity index (χ0n) is 13.0. The van der Waals surface area contributed by atoms with Gasteiger partial charge in [-0.1, -0.05) is 59.2 Å². The number of hydrogen-bond donors (Lipinski definition) is 0. The molecule has 1 amide bonds. The van der Waals surface area contributed by atoms with Crippen LogP contribution in [0.15, 0.2) is 58.6 Å². The predicted octanol–water partition coefficient (Wildman–Crippen LogP) is 5.41. The third-order valence-electron chi connectivity index (χ3n) is 4.15. The molecule has 2 aliphatic rings. The van der Waals surface area contributed by atoms with E-state index in [4.69, 9.17) is 28.3 Å². The molecule has 2 aliphatic heterocycles. The van der Waals surface area contributed by atoms with Gasteiger partial charge in [-0.05, 0) is 35.4 Å². The second kappa shape index (κ2) is 6.83. The van der Waals surface area contributed by atoms with E-state index in [9.17, 15) is 4.79 Å². The highest BCUT2D eigenvalue weighted by molar-refractivity contribution is 8.14. The fourth-order valence-electron chi connectivity index (χ4n) is 2.92. The largest absolute Gasteiger partial charge is 0.307 e. The number of carbonyl (C=O) groups is 1. The predicted molar refractivity (Wildman–Crippen MR) is 104 cm³/mol. The van der Waals surface area contributed by atoms with Gasteiger partial charge in [0.05, 0.1) is 17.5 Å². The minimum absolute atomic E-state index is 0.00630. The van der Waals surface area contributed by atoms with Crippen molar-refractivity contribution in [2.24, 2.45) is 10.1 Å². The monoisotopic (exact) mass is 389 g/mol. The molecule has 1 atom stereocenters. The van der Waals surface area contributed by atoms with Crippen LogP contribution in [-0.4, -0.2) is 27.5 Å². The summed E-state index contributed by atoms with van der Waals surface area (Å²) in [5.41, 5.74) is 3.05. The van der Waals surface area contributed by atoms with Crippen molar-refractivity contribution in [1.29, 1.82) is 0 Å². The summed E-state index contributed by atoms with van der Waals surface area (Å²) in [4.78, 5) is 15.7. The highest BCUT2D eigenvalue weighted by atomic mass is 35.5. The number of halogens is 2. The summed E-state index contributed by atoms with van der Waals surface area (Å²) in [7, 11) is 0. The SMILES string of the molecule is O=C1N=C(N2N=C(c3ccc(Cl)cc3)CC2c2ccc(Cl)cc2)CS1. The van der Waals surface area contributed by atoms with Crippen molar-refractivity contribution < 1.29 is 4.79 Å². The first-order valence-corrected chi connectivity index (χ1v) is 9.47. The molecule has 0 radical (unpaired) electrons. The van der Waals surface area contributed by atoms with Crippen molar-refractivity contribution >= 4 is 51.8 Å². The molecule has 0 saturated carbocycles. The molecule has 0 aromatic heterocycles. The van der Waals surface area contributed by atoms with Crippen LogP contribution in [0.25, 0.3) is 0 Å². The third-order valence-corrected chi connectivity index (χ3v) is 5.40. The van der Waals surface area contributed by atoms with Gasteiger partial charge in [0, 0.05) is 16.5 Å². The van der Waals surface area contributed by atoms with Gasteiger partial charge in [0.2, 0.25) is 0 Å². The zero-order chi connectivity index (χ0) is 17.4. The summed E-state index contributed by atoms with van der Waals surface area (Å²) >= 11 is 13.2. The molecular formula is C18H13Cl2N3OS. The lowest BCUT2D eigenvalue weighted by atomic mass is 9.98. The molecular weight excluding hydrogens is 377 g/mol. The Morgan fingerprint density at radius 1 is 1.00 bits per heavy atom. The summed E-state index contributed by atoms with van der Waals surface area (Å²) in [6.07, 6.45) is 0.723. The van der Waals surface area contributed by atoms with Crippen LogP contribution >= 0.6 is 35.0 Å². The van der Waals surface area contributed by atoms with Gasteiger partial charge in [0.1, 0.15) is 5.84 Å². The van der Waals surface area contributed by atoms with Gasteiger partial charge in [-0.2, -0.15) is 10.1 Å². The number of rotatable bonds is 2. The second-order valence-electron chi connectivity index (χ2n) is 5.75. The average Bonchev–Trinajstić information content (AvgIpc) is 3.23. The van der Waals surface area contributed by atoms with Gasteiger partial charge in [-0.3, -0.25) is 4.79 Å². The van der Waals surface area contributed by atoms with Crippen LogP contribution in [0.1, 0.15) is 23.6 Å². The molecule has 2 aromatic rings. The van der Waals surface area contributed by atoms with Crippen molar-refractivity contribution in [3.8, 4) is 0 Å². The minimum Gasteiger partial charge on any atom is -0.259 e. The lowest BCUT2D eigenvalue weighted by molar-refractivity contribution is 0.267. The molecule has 1 unspecified atom stereocenters. The highest BCUT2D eigenvalue weighted by Crippen LogP contribution is 2.35. The first-order chi connectivity index (χ1) is 12.1. The maximum absolute atomic E-state index is 11.6. The standard InChI is InChI=1S/C18H13Cl2N3OS/c19-13-5-1-11(2-6-13)15-9-16(12-3-7-14(20)8-4-12)23(22-15)17-10-25-18(24)21-17/h1-8,16H,9-10H2. The molecule has 2 aromatic carbocycles.